The number of rotatable bonds is 5. The first kappa shape index (κ1) is 18.9. The molecular formula is C16H24F3NOSi. The largest absolute Gasteiger partial charge is 0.416 e. The van der Waals surface area contributed by atoms with Gasteiger partial charge in [0.2, 0.25) is 0 Å². The van der Waals surface area contributed by atoms with Crippen molar-refractivity contribution in [3.8, 4) is 0 Å². The van der Waals surface area contributed by atoms with Gasteiger partial charge in [0.1, 0.15) is 0 Å². The molecule has 0 unspecified atom stereocenters. The van der Waals surface area contributed by atoms with E-state index in [0.717, 1.165) is 12.1 Å². The van der Waals surface area contributed by atoms with Crippen LogP contribution in [0.4, 0.5) is 13.2 Å². The van der Waals surface area contributed by atoms with Crippen LogP contribution in [0, 0.1) is 0 Å². The van der Waals surface area contributed by atoms with Gasteiger partial charge in [-0.25, -0.2) is 0 Å². The van der Waals surface area contributed by atoms with Crippen LogP contribution in [0.3, 0.4) is 0 Å². The van der Waals surface area contributed by atoms with E-state index in [4.69, 9.17) is 4.43 Å². The number of nitrogens with zero attached hydrogens (tertiary/aromatic N) is 1. The molecule has 2 nitrogen and oxygen atoms in total. The standard InChI is InChI=1S/C16H24F3NOSi/c1-15(2,3)22(4,5)21-11-10-20-12-13-6-8-14(9-7-13)16(17,18)19/h6-9,12H,10-11H2,1-5H3. The Morgan fingerprint density at radius 1 is 1.09 bits per heavy atom. The second-order valence-electron chi connectivity index (χ2n) is 6.76. The quantitative estimate of drug-likeness (QED) is 0.415. The van der Waals surface area contributed by atoms with E-state index in [1.807, 2.05) is 0 Å². The molecule has 1 aromatic carbocycles. The summed E-state index contributed by atoms with van der Waals surface area (Å²) in [7, 11) is -1.76. The van der Waals surface area contributed by atoms with Gasteiger partial charge < -0.3 is 4.43 Å². The van der Waals surface area contributed by atoms with E-state index >= 15 is 0 Å². The highest BCUT2D eigenvalue weighted by Gasteiger charge is 2.36. The first-order valence-electron chi connectivity index (χ1n) is 7.24. The zero-order valence-electron chi connectivity index (χ0n) is 13.8. The van der Waals surface area contributed by atoms with Gasteiger partial charge in [0.25, 0.3) is 0 Å². The summed E-state index contributed by atoms with van der Waals surface area (Å²) in [5.41, 5.74) is 0.00577. The molecule has 6 heteroatoms. The van der Waals surface area contributed by atoms with Crippen LogP contribution in [0.5, 0.6) is 0 Å². The van der Waals surface area contributed by atoms with Gasteiger partial charge in [-0.2, -0.15) is 13.2 Å². The van der Waals surface area contributed by atoms with Crippen LogP contribution < -0.4 is 0 Å². The molecule has 0 aromatic heterocycles. The van der Waals surface area contributed by atoms with Crippen LogP contribution >= 0.6 is 0 Å². The molecule has 0 atom stereocenters. The number of benzene rings is 1. The van der Waals surface area contributed by atoms with Crippen molar-refractivity contribution in [3.63, 3.8) is 0 Å². The molecule has 0 aliphatic carbocycles. The highest BCUT2D eigenvalue weighted by Crippen LogP contribution is 2.36. The lowest BCUT2D eigenvalue weighted by molar-refractivity contribution is -0.137. The van der Waals surface area contributed by atoms with E-state index in [0.29, 0.717) is 18.7 Å². The maximum atomic E-state index is 12.4. The van der Waals surface area contributed by atoms with Gasteiger partial charge in [-0.15, -0.1) is 0 Å². The SMILES string of the molecule is CC(C)(C)[Si](C)(C)OCCN=Cc1ccc(C(F)(F)F)cc1. The zero-order valence-corrected chi connectivity index (χ0v) is 14.8. The predicted molar refractivity (Wildman–Crippen MR) is 87.1 cm³/mol. The van der Waals surface area contributed by atoms with Crippen molar-refractivity contribution in [1.29, 1.82) is 0 Å². The molecule has 0 saturated carbocycles. The van der Waals surface area contributed by atoms with E-state index in [1.54, 1.807) is 6.21 Å². The molecule has 0 bridgehead atoms. The van der Waals surface area contributed by atoms with Crippen molar-refractivity contribution in [2.45, 2.75) is 45.1 Å². The number of hydrogen-bond donors (Lipinski definition) is 0. The first-order chi connectivity index (χ1) is 9.93. The lowest BCUT2D eigenvalue weighted by Crippen LogP contribution is -2.41. The van der Waals surface area contributed by atoms with Crippen molar-refractivity contribution in [2.75, 3.05) is 13.2 Å². The topological polar surface area (TPSA) is 21.6 Å². The number of halogens is 3. The highest BCUT2D eigenvalue weighted by molar-refractivity contribution is 6.74. The van der Waals surface area contributed by atoms with Crippen LogP contribution in [0.1, 0.15) is 31.9 Å². The van der Waals surface area contributed by atoms with E-state index in [2.05, 4.69) is 38.9 Å². The third-order valence-electron chi connectivity index (χ3n) is 3.97. The molecule has 0 aliphatic rings. The fourth-order valence-corrected chi connectivity index (χ4v) is 2.53. The molecule has 0 heterocycles. The number of hydrogen-bond acceptors (Lipinski definition) is 2. The van der Waals surface area contributed by atoms with E-state index in [-0.39, 0.29) is 5.04 Å². The lowest BCUT2D eigenvalue weighted by atomic mass is 10.1. The summed E-state index contributed by atoms with van der Waals surface area (Å²) in [6.45, 7) is 11.9. The Kier molecular flexibility index (Phi) is 5.98. The maximum absolute atomic E-state index is 12.4. The highest BCUT2D eigenvalue weighted by atomic mass is 28.4. The second kappa shape index (κ2) is 6.96. The molecule has 1 aromatic rings. The Labute approximate surface area is 131 Å². The van der Waals surface area contributed by atoms with Gasteiger partial charge in [-0.1, -0.05) is 32.9 Å². The number of alkyl halides is 3. The third kappa shape index (κ3) is 5.57. The molecule has 0 fully saturated rings. The van der Waals surface area contributed by atoms with Crippen molar-refractivity contribution in [1.82, 2.24) is 0 Å². The van der Waals surface area contributed by atoms with Crippen LogP contribution in [-0.4, -0.2) is 27.7 Å². The summed E-state index contributed by atoms with van der Waals surface area (Å²) in [5, 5.41) is 0.157. The van der Waals surface area contributed by atoms with Gasteiger partial charge in [0.05, 0.1) is 18.7 Å². The van der Waals surface area contributed by atoms with E-state index < -0.39 is 20.1 Å². The predicted octanol–water partition coefficient (Wildman–Crippen LogP) is 5.15. The molecule has 0 saturated heterocycles. The summed E-state index contributed by atoms with van der Waals surface area (Å²) < 4.78 is 43.3. The monoisotopic (exact) mass is 331 g/mol. The van der Waals surface area contributed by atoms with Gasteiger partial charge >= 0.3 is 6.18 Å². The molecule has 22 heavy (non-hydrogen) atoms. The van der Waals surface area contributed by atoms with E-state index in [9.17, 15) is 13.2 Å². The fraction of sp³-hybridized carbons (Fsp3) is 0.562. The van der Waals surface area contributed by atoms with Crippen LogP contribution in [0.15, 0.2) is 29.3 Å². The van der Waals surface area contributed by atoms with Gasteiger partial charge in [0, 0.05) is 6.21 Å². The summed E-state index contributed by atoms with van der Waals surface area (Å²) in [6, 6.07) is 4.96. The van der Waals surface area contributed by atoms with Crippen molar-refractivity contribution < 1.29 is 17.6 Å². The Bertz CT molecular complexity index is 502. The molecule has 0 radical (unpaired) electrons. The Hall–Kier alpha value is -1.14. The molecule has 0 aliphatic heterocycles. The molecule has 0 amide bonds. The lowest BCUT2D eigenvalue weighted by Gasteiger charge is -2.35. The van der Waals surface area contributed by atoms with Crippen LogP contribution in [-0.2, 0) is 10.6 Å². The average molecular weight is 331 g/mol. The molecule has 0 spiro atoms. The Balaban J connectivity index is 2.47. The van der Waals surface area contributed by atoms with Crippen molar-refractivity contribution in [2.24, 2.45) is 4.99 Å². The first-order valence-corrected chi connectivity index (χ1v) is 10.2. The van der Waals surface area contributed by atoms with Crippen molar-refractivity contribution in [3.05, 3.63) is 35.4 Å². The molecule has 124 valence electrons. The van der Waals surface area contributed by atoms with Crippen LogP contribution in [0.25, 0.3) is 0 Å². The normalized spacial score (nSPS) is 13.8. The maximum Gasteiger partial charge on any atom is 0.416 e. The Morgan fingerprint density at radius 2 is 1.64 bits per heavy atom. The van der Waals surface area contributed by atoms with E-state index in [1.165, 1.54) is 12.1 Å². The summed E-state index contributed by atoms with van der Waals surface area (Å²) in [4.78, 5) is 4.21. The van der Waals surface area contributed by atoms with Gasteiger partial charge in [0.15, 0.2) is 8.32 Å². The molecular weight excluding hydrogens is 307 g/mol. The fourth-order valence-electron chi connectivity index (χ4n) is 1.50. The third-order valence-corrected chi connectivity index (χ3v) is 8.51. The zero-order chi connectivity index (χ0) is 17.0. The van der Waals surface area contributed by atoms with Gasteiger partial charge in [-0.3, -0.25) is 4.99 Å². The molecule has 1 rings (SSSR count). The minimum absolute atomic E-state index is 0.157. The van der Waals surface area contributed by atoms with Gasteiger partial charge in [-0.05, 0) is 35.8 Å². The summed E-state index contributed by atoms with van der Waals surface area (Å²) >= 11 is 0. The number of aliphatic imine (C=N–C) groups is 1. The summed E-state index contributed by atoms with van der Waals surface area (Å²) in [6.07, 6.45) is -2.72. The van der Waals surface area contributed by atoms with Crippen LogP contribution in [0.2, 0.25) is 18.1 Å². The minimum atomic E-state index is -4.30. The minimum Gasteiger partial charge on any atom is -0.415 e. The molecule has 0 N–H and O–H groups in total. The average Bonchev–Trinajstić information content (AvgIpc) is 2.36. The van der Waals surface area contributed by atoms with Crippen molar-refractivity contribution >= 4 is 14.5 Å². The Morgan fingerprint density at radius 3 is 2.09 bits per heavy atom. The second-order valence-corrected chi connectivity index (χ2v) is 11.6. The smallest absolute Gasteiger partial charge is 0.415 e. The summed E-state index contributed by atoms with van der Waals surface area (Å²) in [5.74, 6) is 0.